The Balaban J connectivity index is 0.00000280. The number of Topliss-reactive ketones (excluding diaryl/α,β-unsaturated/α-hetero) is 1. The van der Waals surface area contributed by atoms with Crippen LogP contribution in [0.4, 0.5) is 0 Å². The monoisotopic (exact) mass is 395 g/mol. The van der Waals surface area contributed by atoms with Gasteiger partial charge in [-0.25, -0.2) is 0 Å². The Morgan fingerprint density at radius 2 is 1.29 bits per heavy atom. The molecule has 0 saturated carbocycles. The minimum absolute atomic E-state index is 0. The molecule has 0 N–H and O–H groups in total. The second-order valence-electron chi connectivity index (χ2n) is 6.58. The molecule has 0 atom stereocenters. The molecule has 0 amide bonds. The van der Waals surface area contributed by atoms with Crippen LogP contribution >= 0.6 is 12.4 Å². The van der Waals surface area contributed by atoms with Gasteiger partial charge in [-0.05, 0) is 35.4 Å². The molecule has 4 heteroatoms. The molecule has 0 heterocycles. The smallest absolute Gasteiger partial charge is 0.164 e. The number of benzene rings is 3. The molecule has 0 aliphatic heterocycles. The molecular formula is C24H26ClNO2. The highest BCUT2D eigenvalue weighted by atomic mass is 35.5. The van der Waals surface area contributed by atoms with Gasteiger partial charge in [0.1, 0.15) is 5.75 Å². The zero-order chi connectivity index (χ0) is 18.9. The van der Waals surface area contributed by atoms with E-state index in [1.165, 1.54) is 11.1 Å². The SMILES string of the molecule is COc1ccc(C(=O)CCN(Cc2ccccc2)Cc2ccccc2)cc1.Cl. The van der Waals surface area contributed by atoms with Crippen LogP contribution in [0.5, 0.6) is 5.75 Å². The zero-order valence-electron chi connectivity index (χ0n) is 16.1. The quantitative estimate of drug-likeness (QED) is 0.455. The zero-order valence-corrected chi connectivity index (χ0v) is 16.9. The van der Waals surface area contributed by atoms with Crippen molar-refractivity contribution in [1.29, 1.82) is 0 Å². The fourth-order valence-electron chi connectivity index (χ4n) is 3.08. The van der Waals surface area contributed by atoms with Crippen LogP contribution in [-0.4, -0.2) is 24.3 Å². The first-order chi connectivity index (χ1) is 13.2. The molecule has 0 spiro atoms. The molecule has 0 bridgehead atoms. The first kappa shape index (κ1) is 21.7. The van der Waals surface area contributed by atoms with E-state index in [4.69, 9.17) is 4.74 Å². The number of carbonyl (C=O) groups is 1. The van der Waals surface area contributed by atoms with Gasteiger partial charge in [-0.2, -0.15) is 0 Å². The molecule has 3 nitrogen and oxygen atoms in total. The highest BCUT2D eigenvalue weighted by Crippen LogP contribution is 2.15. The van der Waals surface area contributed by atoms with Crippen molar-refractivity contribution in [1.82, 2.24) is 4.90 Å². The largest absolute Gasteiger partial charge is 0.497 e. The summed E-state index contributed by atoms with van der Waals surface area (Å²) in [6.07, 6.45) is 0.492. The second-order valence-corrected chi connectivity index (χ2v) is 6.58. The van der Waals surface area contributed by atoms with Crippen molar-refractivity contribution in [3.63, 3.8) is 0 Å². The van der Waals surface area contributed by atoms with Gasteiger partial charge in [-0.15, -0.1) is 12.4 Å². The maximum absolute atomic E-state index is 12.6. The van der Waals surface area contributed by atoms with E-state index in [-0.39, 0.29) is 18.2 Å². The molecular weight excluding hydrogens is 370 g/mol. The van der Waals surface area contributed by atoms with E-state index in [0.717, 1.165) is 24.4 Å². The van der Waals surface area contributed by atoms with Crippen LogP contribution in [0, 0.1) is 0 Å². The Morgan fingerprint density at radius 3 is 1.75 bits per heavy atom. The van der Waals surface area contributed by atoms with Crippen LogP contribution in [0.1, 0.15) is 27.9 Å². The van der Waals surface area contributed by atoms with Crippen LogP contribution in [-0.2, 0) is 13.1 Å². The Labute approximate surface area is 173 Å². The minimum atomic E-state index is 0. The molecule has 0 unspecified atom stereocenters. The van der Waals surface area contributed by atoms with E-state index >= 15 is 0 Å². The van der Waals surface area contributed by atoms with Crippen molar-refractivity contribution in [3.05, 3.63) is 102 Å². The first-order valence-corrected chi connectivity index (χ1v) is 9.22. The number of methoxy groups -OCH3 is 1. The van der Waals surface area contributed by atoms with E-state index in [1.54, 1.807) is 7.11 Å². The lowest BCUT2D eigenvalue weighted by molar-refractivity contribution is 0.0960. The summed E-state index contributed by atoms with van der Waals surface area (Å²) in [6.45, 7) is 2.37. The number of hydrogen-bond donors (Lipinski definition) is 0. The van der Waals surface area contributed by atoms with Crippen LogP contribution in [0.15, 0.2) is 84.9 Å². The molecule has 146 valence electrons. The van der Waals surface area contributed by atoms with E-state index in [0.29, 0.717) is 13.0 Å². The number of carbonyl (C=O) groups excluding carboxylic acids is 1. The van der Waals surface area contributed by atoms with E-state index in [2.05, 4.69) is 53.4 Å². The predicted octanol–water partition coefficient (Wildman–Crippen LogP) is 5.39. The number of hydrogen-bond acceptors (Lipinski definition) is 3. The molecule has 0 radical (unpaired) electrons. The second kappa shape index (κ2) is 11.3. The molecule has 28 heavy (non-hydrogen) atoms. The maximum Gasteiger partial charge on any atom is 0.164 e. The van der Waals surface area contributed by atoms with Gasteiger partial charge in [-0.3, -0.25) is 9.69 Å². The van der Waals surface area contributed by atoms with Gasteiger partial charge in [0, 0.05) is 31.6 Å². The summed E-state index contributed by atoms with van der Waals surface area (Å²) in [5.41, 5.74) is 3.24. The van der Waals surface area contributed by atoms with E-state index in [1.807, 2.05) is 36.4 Å². The molecule has 3 aromatic carbocycles. The lowest BCUT2D eigenvalue weighted by Gasteiger charge is -2.22. The molecule has 0 aliphatic carbocycles. The van der Waals surface area contributed by atoms with Gasteiger partial charge in [0.05, 0.1) is 7.11 Å². The maximum atomic E-state index is 12.6. The van der Waals surface area contributed by atoms with Crippen molar-refractivity contribution in [2.45, 2.75) is 19.5 Å². The number of halogens is 1. The van der Waals surface area contributed by atoms with Crippen molar-refractivity contribution in [3.8, 4) is 5.75 Å². The average Bonchev–Trinajstić information content (AvgIpc) is 2.73. The lowest BCUT2D eigenvalue weighted by atomic mass is 10.1. The fourth-order valence-corrected chi connectivity index (χ4v) is 3.08. The Hall–Kier alpha value is -2.62. The van der Waals surface area contributed by atoms with Gasteiger partial charge >= 0.3 is 0 Å². The van der Waals surface area contributed by atoms with Gasteiger partial charge in [0.25, 0.3) is 0 Å². The summed E-state index contributed by atoms with van der Waals surface area (Å²) in [7, 11) is 1.63. The van der Waals surface area contributed by atoms with Crippen LogP contribution in [0.25, 0.3) is 0 Å². The predicted molar refractivity (Wildman–Crippen MR) is 116 cm³/mol. The third-order valence-corrected chi connectivity index (χ3v) is 4.57. The molecule has 3 aromatic rings. The first-order valence-electron chi connectivity index (χ1n) is 9.22. The number of nitrogens with zero attached hydrogens (tertiary/aromatic N) is 1. The van der Waals surface area contributed by atoms with E-state index < -0.39 is 0 Å². The molecule has 3 rings (SSSR count). The standard InChI is InChI=1S/C24H25NO2.ClH/c1-27-23-14-12-22(13-15-23)24(26)16-17-25(18-20-8-4-2-5-9-20)19-21-10-6-3-7-11-21;/h2-15H,16-19H2,1H3;1H. The lowest BCUT2D eigenvalue weighted by Crippen LogP contribution is -2.25. The normalized spacial score (nSPS) is 10.4. The highest BCUT2D eigenvalue weighted by molar-refractivity contribution is 5.96. The van der Waals surface area contributed by atoms with Crippen LogP contribution in [0.2, 0.25) is 0 Å². The van der Waals surface area contributed by atoms with Gasteiger partial charge in [0.2, 0.25) is 0 Å². The third kappa shape index (κ3) is 6.52. The van der Waals surface area contributed by atoms with E-state index in [9.17, 15) is 4.79 Å². The van der Waals surface area contributed by atoms with Crippen molar-refractivity contribution in [2.24, 2.45) is 0 Å². The highest BCUT2D eigenvalue weighted by Gasteiger charge is 2.12. The Bertz CT molecular complexity index is 794. The topological polar surface area (TPSA) is 29.5 Å². The van der Waals surface area contributed by atoms with Crippen LogP contribution < -0.4 is 4.74 Å². The van der Waals surface area contributed by atoms with Gasteiger partial charge in [0.15, 0.2) is 5.78 Å². The molecule has 0 aliphatic rings. The summed E-state index contributed by atoms with van der Waals surface area (Å²) in [5, 5.41) is 0. The van der Waals surface area contributed by atoms with Crippen LogP contribution in [0.3, 0.4) is 0 Å². The minimum Gasteiger partial charge on any atom is -0.497 e. The number of rotatable bonds is 9. The number of ketones is 1. The summed E-state index contributed by atoms with van der Waals surface area (Å²) >= 11 is 0. The third-order valence-electron chi connectivity index (χ3n) is 4.57. The average molecular weight is 396 g/mol. The summed E-state index contributed by atoms with van der Waals surface area (Å²) in [4.78, 5) is 14.9. The van der Waals surface area contributed by atoms with Gasteiger partial charge < -0.3 is 4.74 Å². The summed E-state index contributed by atoms with van der Waals surface area (Å²) in [5.74, 6) is 0.921. The van der Waals surface area contributed by atoms with Gasteiger partial charge in [-0.1, -0.05) is 60.7 Å². The Morgan fingerprint density at radius 1 is 0.786 bits per heavy atom. The molecule has 0 fully saturated rings. The van der Waals surface area contributed by atoms with Crippen molar-refractivity contribution < 1.29 is 9.53 Å². The van der Waals surface area contributed by atoms with Crippen molar-refractivity contribution >= 4 is 18.2 Å². The Kier molecular flexibility index (Phi) is 8.73. The van der Waals surface area contributed by atoms with Crippen molar-refractivity contribution in [2.75, 3.05) is 13.7 Å². The molecule has 0 saturated heterocycles. The summed E-state index contributed by atoms with van der Waals surface area (Å²) < 4.78 is 5.16. The number of ether oxygens (including phenoxy) is 1. The summed E-state index contributed by atoms with van der Waals surface area (Å²) in [6, 6.07) is 28.1. The fraction of sp³-hybridized carbons (Fsp3) is 0.208. The molecule has 0 aromatic heterocycles.